The van der Waals surface area contributed by atoms with Gasteiger partial charge in [0.15, 0.2) is 9.84 Å². The van der Waals surface area contributed by atoms with E-state index in [2.05, 4.69) is 16.9 Å². The van der Waals surface area contributed by atoms with E-state index in [0.29, 0.717) is 11.3 Å². The van der Waals surface area contributed by atoms with Crippen LogP contribution in [0.2, 0.25) is 0 Å². The van der Waals surface area contributed by atoms with E-state index >= 15 is 0 Å². The molecule has 0 bridgehead atoms. The van der Waals surface area contributed by atoms with Gasteiger partial charge in [0, 0.05) is 30.3 Å². The van der Waals surface area contributed by atoms with Gasteiger partial charge in [-0.2, -0.15) is 13.2 Å². The van der Waals surface area contributed by atoms with E-state index in [9.17, 15) is 31.2 Å². The molecule has 0 aliphatic rings. The fourth-order valence-electron chi connectivity index (χ4n) is 4.27. The molecule has 4 aromatic rings. The number of halogens is 3. The summed E-state index contributed by atoms with van der Waals surface area (Å²) in [6.07, 6.45) is 0.201. The summed E-state index contributed by atoms with van der Waals surface area (Å²) in [5, 5.41) is 1.76. The van der Waals surface area contributed by atoms with Crippen molar-refractivity contribution in [1.29, 1.82) is 0 Å². The maximum absolute atomic E-state index is 13.2. The lowest BCUT2D eigenvalue weighted by Crippen LogP contribution is -2.33. The molecule has 11 heteroatoms. The van der Waals surface area contributed by atoms with E-state index in [0.717, 1.165) is 22.3 Å². The van der Waals surface area contributed by atoms with Crippen molar-refractivity contribution in [3.05, 3.63) is 136 Å². The number of amides is 1. The molecule has 0 fully saturated rings. The Kier molecular flexibility index (Phi) is 8.57. The molecule has 212 valence electrons. The number of rotatable bonds is 9. The fraction of sp³-hybridized carbons (Fsp3) is 0.167. The predicted molar refractivity (Wildman–Crippen MR) is 149 cm³/mol. The van der Waals surface area contributed by atoms with E-state index in [-0.39, 0.29) is 29.1 Å². The molecule has 1 amide bonds. The number of aryl methyl sites for hydroxylation is 1. The molecular formula is C30H26F3N3O4S. The molecule has 0 aliphatic heterocycles. The second kappa shape index (κ2) is 11.9. The fourth-order valence-corrected chi connectivity index (χ4v) is 5.80. The van der Waals surface area contributed by atoms with Crippen molar-refractivity contribution >= 4 is 15.7 Å². The number of nitrogens with one attached hydrogen (secondary N) is 1. The van der Waals surface area contributed by atoms with Crippen LogP contribution in [0.25, 0.3) is 5.69 Å². The highest BCUT2D eigenvalue weighted by Crippen LogP contribution is 2.30. The van der Waals surface area contributed by atoms with E-state index in [1.54, 1.807) is 43.6 Å². The lowest BCUT2D eigenvalue weighted by molar-refractivity contribution is -0.137. The zero-order valence-electron chi connectivity index (χ0n) is 21.9. The summed E-state index contributed by atoms with van der Waals surface area (Å²) >= 11 is 0. The summed E-state index contributed by atoms with van der Waals surface area (Å²) in [6.45, 7) is 5.21. The zero-order chi connectivity index (χ0) is 29.8. The van der Waals surface area contributed by atoms with Crippen molar-refractivity contribution in [2.24, 2.45) is 0 Å². The van der Waals surface area contributed by atoms with Crippen molar-refractivity contribution in [3.8, 4) is 5.69 Å². The third kappa shape index (κ3) is 6.63. The molecule has 0 radical (unpaired) electrons. The molecule has 2 aromatic carbocycles. The Hall–Kier alpha value is -4.51. The summed E-state index contributed by atoms with van der Waals surface area (Å²) < 4.78 is 67.0. The van der Waals surface area contributed by atoms with Gasteiger partial charge in [0.1, 0.15) is 5.56 Å². The van der Waals surface area contributed by atoms with Gasteiger partial charge in [0.2, 0.25) is 0 Å². The minimum absolute atomic E-state index is 0.0159. The lowest BCUT2D eigenvalue weighted by Gasteiger charge is -2.15. The summed E-state index contributed by atoms with van der Waals surface area (Å²) in [5.41, 5.74) is -0.230. The van der Waals surface area contributed by atoms with Crippen LogP contribution in [0.5, 0.6) is 0 Å². The maximum atomic E-state index is 13.2. The second-order valence-corrected chi connectivity index (χ2v) is 11.4. The third-order valence-electron chi connectivity index (χ3n) is 6.51. The number of benzene rings is 2. The number of aromatic nitrogens is 2. The van der Waals surface area contributed by atoms with Gasteiger partial charge in [-0.3, -0.25) is 19.1 Å². The van der Waals surface area contributed by atoms with Gasteiger partial charge in [-0.1, -0.05) is 24.3 Å². The smallest absolute Gasteiger partial charge is 0.348 e. The minimum Gasteiger partial charge on any atom is -0.348 e. The Balaban J connectivity index is 1.49. The van der Waals surface area contributed by atoms with Gasteiger partial charge in [-0.05, 0) is 79.1 Å². The average Bonchev–Trinajstić information content (AvgIpc) is 2.95. The highest BCUT2D eigenvalue weighted by molar-refractivity contribution is 7.92. The first kappa shape index (κ1) is 29.5. The second-order valence-electron chi connectivity index (χ2n) is 9.28. The Morgan fingerprint density at radius 3 is 2.34 bits per heavy atom. The number of hydrogen-bond donors (Lipinski definition) is 1. The molecule has 0 saturated carbocycles. The molecule has 0 spiro atoms. The predicted octanol–water partition coefficient (Wildman–Crippen LogP) is 5.06. The molecule has 2 aromatic heterocycles. The highest BCUT2D eigenvalue weighted by Gasteiger charge is 2.31. The van der Waals surface area contributed by atoms with Crippen LogP contribution in [-0.4, -0.2) is 29.1 Å². The average molecular weight is 582 g/mol. The highest BCUT2D eigenvalue weighted by atomic mass is 32.2. The van der Waals surface area contributed by atoms with Crippen LogP contribution < -0.4 is 10.9 Å². The molecule has 1 unspecified atom stereocenters. The van der Waals surface area contributed by atoms with Gasteiger partial charge >= 0.3 is 6.18 Å². The number of sulfone groups is 1. The van der Waals surface area contributed by atoms with Gasteiger partial charge < -0.3 is 5.32 Å². The van der Waals surface area contributed by atoms with Gasteiger partial charge in [-0.25, -0.2) is 8.42 Å². The molecule has 1 N–H and O–H groups in total. The van der Waals surface area contributed by atoms with Crippen LogP contribution in [0.3, 0.4) is 0 Å². The molecule has 0 aliphatic carbocycles. The topological polar surface area (TPSA) is 98.1 Å². The number of carbonyl (C=O) groups excluding carboxylic acids is 1. The number of alkyl halides is 3. The lowest BCUT2D eigenvalue weighted by atomic mass is 10.1. The molecule has 0 saturated heterocycles. The van der Waals surface area contributed by atoms with E-state index < -0.39 is 38.3 Å². The van der Waals surface area contributed by atoms with Crippen LogP contribution in [0, 0.1) is 6.92 Å². The van der Waals surface area contributed by atoms with E-state index in [1.165, 1.54) is 42.5 Å². The van der Waals surface area contributed by atoms with Gasteiger partial charge in [-0.15, -0.1) is 6.58 Å². The van der Waals surface area contributed by atoms with Crippen molar-refractivity contribution in [2.45, 2.75) is 36.2 Å². The number of hydrogen-bond acceptors (Lipinski definition) is 5. The molecule has 2 heterocycles. The van der Waals surface area contributed by atoms with Crippen LogP contribution in [-0.2, 0) is 29.0 Å². The Morgan fingerprint density at radius 1 is 1.02 bits per heavy atom. The Morgan fingerprint density at radius 2 is 1.71 bits per heavy atom. The summed E-state index contributed by atoms with van der Waals surface area (Å²) in [5.74, 6) is -0.725. The molecule has 1 atom stereocenters. The van der Waals surface area contributed by atoms with Crippen LogP contribution in [0.1, 0.15) is 32.7 Å². The SMILES string of the molecule is C=CC(Cc1ccncc1)S(=O)(=O)c1ccc(CNC(=O)c2ccc(C)n(-c3cccc(C(F)(F)F)c3)c2=O)cc1. The number of pyridine rings is 2. The molecule has 41 heavy (non-hydrogen) atoms. The van der Waals surface area contributed by atoms with Crippen LogP contribution in [0.15, 0.2) is 108 Å². The largest absolute Gasteiger partial charge is 0.416 e. The van der Waals surface area contributed by atoms with Gasteiger partial charge in [0.05, 0.1) is 15.7 Å². The maximum Gasteiger partial charge on any atom is 0.416 e. The summed E-state index contributed by atoms with van der Waals surface area (Å²) in [7, 11) is -3.73. The van der Waals surface area contributed by atoms with Crippen molar-refractivity contribution in [3.63, 3.8) is 0 Å². The molecule has 7 nitrogen and oxygen atoms in total. The van der Waals surface area contributed by atoms with Crippen molar-refractivity contribution in [1.82, 2.24) is 14.9 Å². The van der Waals surface area contributed by atoms with E-state index in [4.69, 9.17) is 0 Å². The van der Waals surface area contributed by atoms with Gasteiger partial charge in [0.25, 0.3) is 11.5 Å². The quantitative estimate of drug-likeness (QED) is 0.279. The monoisotopic (exact) mass is 581 g/mol. The molecule has 4 rings (SSSR count). The first-order valence-electron chi connectivity index (χ1n) is 12.4. The standard InChI is InChI=1S/C30H26F3N3O4S/c1-3-25(17-21-13-15-34-16-14-21)41(39,40)26-10-8-22(9-11-26)19-35-28(37)27-12-7-20(2)36(29(27)38)24-6-4-5-23(18-24)30(31,32)33/h3-16,18,25H,1,17,19H2,2H3,(H,35,37). The zero-order valence-corrected chi connectivity index (χ0v) is 22.7. The summed E-state index contributed by atoms with van der Waals surface area (Å²) in [4.78, 5) is 30.0. The van der Waals surface area contributed by atoms with Crippen LogP contribution in [0.4, 0.5) is 13.2 Å². The Bertz CT molecular complexity index is 1730. The van der Waals surface area contributed by atoms with E-state index in [1.807, 2.05) is 0 Å². The first-order chi connectivity index (χ1) is 19.4. The third-order valence-corrected chi connectivity index (χ3v) is 8.59. The van der Waals surface area contributed by atoms with Crippen LogP contribution >= 0.6 is 0 Å². The number of carbonyl (C=O) groups is 1. The van der Waals surface area contributed by atoms with Crippen molar-refractivity contribution < 1.29 is 26.4 Å². The van der Waals surface area contributed by atoms with Crippen molar-refractivity contribution in [2.75, 3.05) is 0 Å². The Labute approximate surface area is 234 Å². The minimum atomic E-state index is -4.59. The molecular weight excluding hydrogens is 555 g/mol. The number of nitrogens with zero attached hydrogens (tertiary/aromatic N) is 2. The summed E-state index contributed by atoms with van der Waals surface area (Å²) in [6, 6.07) is 16.5. The normalized spacial score (nSPS) is 12.5. The first-order valence-corrected chi connectivity index (χ1v) is 14.0.